The van der Waals surface area contributed by atoms with Gasteiger partial charge in [0.15, 0.2) is 5.69 Å². The van der Waals surface area contributed by atoms with E-state index in [9.17, 15) is 4.79 Å². The molecule has 1 heterocycles. The van der Waals surface area contributed by atoms with Crippen LogP contribution in [0, 0.1) is 0 Å². The standard InChI is InChI=1S/C24H21N3O3/c1-29-19-14-12-17(13-15-19)22-16-21(26-27(22)18-8-4-3-5-9-18)24(28)25-20-10-6-7-11-23(20)30-2/h3-16H,1-2H3,(H,25,28). The van der Waals surface area contributed by atoms with Gasteiger partial charge in [0.1, 0.15) is 11.5 Å². The highest BCUT2D eigenvalue weighted by Gasteiger charge is 2.18. The zero-order valence-electron chi connectivity index (χ0n) is 16.7. The highest BCUT2D eigenvalue weighted by atomic mass is 16.5. The van der Waals surface area contributed by atoms with Crippen LogP contribution in [0.3, 0.4) is 0 Å². The van der Waals surface area contributed by atoms with Gasteiger partial charge < -0.3 is 14.8 Å². The molecule has 1 N–H and O–H groups in total. The Morgan fingerprint density at radius 3 is 2.27 bits per heavy atom. The van der Waals surface area contributed by atoms with Gasteiger partial charge in [-0.3, -0.25) is 4.79 Å². The quantitative estimate of drug-likeness (QED) is 0.505. The summed E-state index contributed by atoms with van der Waals surface area (Å²) in [5, 5.41) is 7.46. The predicted octanol–water partition coefficient (Wildman–Crippen LogP) is 4.81. The number of nitrogens with zero attached hydrogens (tertiary/aromatic N) is 2. The number of carbonyl (C=O) groups is 1. The number of benzene rings is 3. The molecule has 6 heteroatoms. The largest absolute Gasteiger partial charge is 0.497 e. The minimum atomic E-state index is -0.316. The minimum absolute atomic E-state index is 0.301. The van der Waals surface area contributed by atoms with Gasteiger partial charge in [0, 0.05) is 5.56 Å². The van der Waals surface area contributed by atoms with Crippen LogP contribution in [-0.4, -0.2) is 29.9 Å². The van der Waals surface area contributed by atoms with Gasteiger partial charge in [-0.15, -0.1) is 0 Å². The third kappa shape index (κ3) is 3.89. The summed E-state index contributed by atoms with van der Waals surface area (Å²) in [6.07, 6.45) is 0. The molecule has 4 aromatic rings. The van der Waals surface area contributed by atoms with Gasteiger partial charge in [-0.1, -0.05) is 30.3 Å². The van der Waals surface area contributed by atoms with E-state index in [1.54, 1.807) is 37.1 Å². The molecule has 0 atom stereocenters. The lowest BCUT2D eigenvalue weighted by Crippen LogP contribution is -2.13. The average Bonchev–Trinajstić information content (AvgIpc) is 3.26. The molecule has 0 unspecified atom stereocenters. The van der Waals surface area contributed by atoms with E-state index in [-0.39, 0.29) is 5.91 Å². The fraction of sp³-hybridized carbons (Fsp3) is 0.0833. The van der Waals surface area contributed by atoms with Gasteiger partial charge in [-0.2, -0.15) is 5.10 Å². The third-order valence-corrected chi connectivity index (χ3v) is 4.68. The number of hydrogen-bond acceptors (Lipinski definition) is 4. The van der Waals surface area contributed by atoms with Crippen molar-refractivity contribution in [3.05, 3.63) is 90.6 Å². The lowest BCUT2D eigenvalue weighted by molar-refractivity contribution is 0.102. The van der Waals surface area contributed by atoms with Gasteiger partial charge in [-0.05, 0) is 54.6 Å². The summed E-state index contributed by atoms with van der Waals surface area (Å²) in [4.78, 5) is 12.9. The molecular formula is C24H21N3O3. The summed E-state index contributed by atoms with van der Waals surface area (Å²) in [6, 6.07) is 26.4. The maximum atomic E-state index is 12.9. The second kappa shape index (κ2) is 8.53. The Morgan fingerprint density at radius 2 is 1.57 bits per heavy atom. The van der Waals surface area contributed by atoms with Crippen molar-refractivity contribution < 1.29 is 14.3 Å². The van der Waals surface area contributed by atoms with Crippen molar-refractivity contribution in [2.45, 2.75) is 0 Å². The van der Waals surface area contributed by atoms with E-state index in [1.807, 2.05) is 66.7 Å². The smallest absolute Gasteiger partial charge is 0.276 e. The Hall–Kier alpha value is -4.06. The molecule has 150 valence electrons. The van der Waals surface area contributed by atoms with Crippen LogP contribution in [0.15, 0.2) is 84.9 Å². The molecular weight excluding hydrogens is 378 g/mol. The van der Waals surface area contributed by atoms with Gasteiger partial charge in [0.25, 0.3) is 5.91 Å². The summed E-state index contributed by atoms with van der Waals surface area (Å²) in [5.74, 6) is 1.03. The molecule has 3 aromatic carbocycles. The fourth-order valence-corrected chi connectivity index (χ4v) is 3.16. The molecule has 1 aromatic heterocycles. The zero-order chi connectivity index (χ0) is 20.9. The van der Waals surface area contributed by atoms with Gasteiger partial charge in [-0.25, -0.2) is 4.68 Å². The van der Waals surface area contributed by atoms with Crippen LogP contribution < -0.4 is 14.8 Å². The normalized spacial score (nSPS) is 10.5. The van der Waals surface area contributed by atoms with E-state index in [0.717, 1.165) is 22.7 Å². The van der Waals surface area contributed by atoms with Gasteiger partial charge in [0.2, 0.25) is 0 Å². The first-order chi connectivity index (χ1) is 14.7. The number of amides is 1. The molecule has 0 radical (unpaired) electrons. The van der Waals surface area contributed by atoms with Crippen molar-refractivity contribution >= 4 is 11.6 Å². The van der Waals surface area contributed by atoms with E-state index in [0.29, 0.717) is 17.1 Å². The number of anilines is 1. The summed E-state index contributed by atoms with van der Waals surface area (Å²) in [5.41, 5.74) is 3.47. The number of ether oxygens (including phenoxy) is 2. The van der Waals surface area contributed by atoms with Crippen LogP contribution in [0.5, 0.6) is 11.5 Å². The van der Waals surface area contributed by atoms with E-state index >= 15 is 0 Å². The average molecular weight is 399 g/mol. The number of aromatic nitrogens is 2. The first kappa shape index (κ1) is 19.3. The molecule has 0 aliphatic carbocycles. The monoisotopic (exact) mass is 399 g/mol. The van der Waals surface area contributed by atoms with Gasteiger partial charge in [0.05, 0.1) is 31.3 Å². The summed E-state index contributed by atoms with van der Waals surface area (Å²) in [7, 11) is 3.19. The molecule has 0 bridgehead atoms. The van der Waals surface area contributed by atoms with Crippen LogP contribution in [0.25, 0.3) is 16.9 Å². The molecule has 0 saturated heterocycles. The van der Waals surface area contributed by atoms with Crippen LogP contribution in [0.2, 0.25) is 0 Å². The van der Waals surface area contributed by atoms with Crippen molar-refractivity contribution in [3.63, 3.8) is 0 Å². The Labute approximate surface area is 174 Å². The Morgan fingerprint density at radius 1 is 0.867 bits per heavy atom. The highest BCUT2D eigenvalue weighted by Crippen LogP contribution is 2.28. The van der Waals surface area contributed by atoms with E-state index in [1.165, 1.54) is 0 Å². The van der Waals surface area contributed by atoms with Crippen LogP contribution in [0.1, 0.15) is 10.5 Å². The number of hydrogen-bond donors (Lipinski definition) is 1. The molecule has 0 aliphatic heterocycles. The number of nitrogens with one attached hydrogen (secondary N) is 1. The molecule has 0 spiro atoms. The summed E-state index contributed by atoms with van der Waals surface area (Å²) < 4.78 is 12.3. The van der Waals surface area contributed by atoms with Crippen molar-refractivity contribution in [1.82, 2.24) is 9.78 Å². The second-order valence-corrected chi connectivity index (χ2v) is 6.55. The molecule has 0 saturated carbocycles. The summed E-state index contributed by atoms with van der Waals surface area (Å²) in [6.45, 7) is 0. The van der Waals surface area contributed by atoms with Crippen molar-refractivity contribution in [2.75, 3.05) is 19.5 Å². The van der Waals surface area contributed by atoms with E-state index in [2.05, 4.69) is 10.4 Å². The lowest BCUT2D eigenvalue weighted by Gasteiger charge is -2.08. The van der Waals surface area contributed by atoms with Crippen molar-refractivity contribution in [3.8, 4) is 28.4 Å². The van der Waals surface area contributed by atoms with E-state index < -0.39 is 0 Å². The molecule has 1 amide bonds. The highest BCUT2D eigenvalue weighted by molar-refractivity contribution is 6.04. The Kier molecular flexibility index (Phi) is 5.48. The third-order valence-electron chi connectivity index (χ3n) is 4.68. The molecule has 30 heavy (non-hydrogen) atoms. The maximum Gasteiger partial charge on any atom is 0.276 e. The van der Waals surface area contributed by atoms with Crippen LogP contribution in [0.4, 0.5) is 5.69 Å². The van der Waals surface area contributed by atoms with E-state index in [4.69, 9.17) is 9.47 Å². The van der Waals surface area contributed by atoms with Crippen LogP contribution in [-0.2, 0) is 0 Å². The lowest BCUT2D eigenvalue weighted by atomic mass is 10.1. The number of rotatable bonds is 6. The molecule has 6 nitrogen and oxygen atoms in total. The minimum Gasteiger partial charge on any atom is -0.497 e. The van der Waals surface area contributed by atoms with Crippen LogP contribution >= 0.6 is 0 Å². The predicted molar refractivity (Wildman–Crippen MR) is 116 cm³/mol. The number of para-hydroxylation sites is 3. The topological polar surface area (TPSA) is 65.4 Å². The molecule has 4 rings (SSSR count). The first-order valence-corrected chi connectivity index (χ1v) is 9.44. The summed E-state index contributed by atoms with van der Waals surface area (Å²) >= 11 is 0. The number of methoxy groups -OCH3 is 2. The maximum absolute atomic E-state index is 12.9. The molecule has 0 fully saturated rings. The SMILES string of the molecule is COc1ccc(-c2cc(C(=O)Nc3ccccc3OC)nn2-c2ccccc2)cc1. The molecule has 0 aliphatic rings. The fourth-order valence-electron chi connectivity index (χ4n) is 3.16. The van der Waals surface area contributed by atoms with Gasteiger partial charge >= 0.3 is 0 Å². The first-order valence-electron chi connectivity index (χ1n) is 9.44. The Bertz CT molecular complexity index is 1150. The second-order valence-electron chi connectivity index (χ2n) is 6.55. The Balaban J connectivity index is 1.74. The van der Waals surface area contributed by atoms with Crippen molar-refractivity contribution in [1.29, 1.82) is 0 Å². The zero-order valence-corrected chi connectivity index (χ0v) is 16.7. The number of carbonyl (C=O) groups excluding carboxylic acids is 1. The van der Waals surface area contributed by atoms with Crippen molar-refractivity contribution in [2.24, 2.45) is 0 Å².